The molecule has 80 valence electrons. The van der Waals surface area contributed by atoms with Gasteiger partial charge in [-0.05, 0) is 12.8 Å². The molecule has 0 saturated carbocycles. The third-order valence-electron chi connectivity index (χ3n) is 2.30. The normalized spacial score (nSPS) is 20.3. The molecule has 0 aliphatic carbocycles. The van der Waals surface area contributed by atoms with Crippen LogP contribution in [0.25, 0.3) is 0 Å². The molecule has 0 spiro atoms. The van der Waals surface area contributed by atoms with E-state index in [0.717, 1.165) is 25.0 Å². The van der Waals surface area contributed by atoms with E-state index in [2.05, 4.69) is 4.84 Å². The molecule has 3 amide bonds. The topological polar surface area (TPSA) is 66.9 Å². The Bertz CT molecular complexity index is 326. The number of carbonyl (C=O) groups excluding carboxylic acids is 3. The van der Waals surface area contributed by atoms with Crippen LogP contribution in [0.1, 0.15) is 12.8 Å². The minimum absolute atomic E-state index is 0.473. The van der Waals surface area contributed by atoms with E-state index in [-0.39, 0.29) is 0 Å². The molecule has 2 aliphatic heterocycles. The summed E-state index contributed by atoms with van der Waals surface area (Å²) >= 11 is 0. The van der Waals surface area contributed by atoms with Crippen molar-refractivity contribution in [2.24, 2.45) is 0 Å². The second-order valence-electron chi connectivity index (χ2n) is 3.36. The zero-order valence-electron chi connectivity index (χ0n) is 8.01. The number of hydrogen-bond donors (Lipinski definition) is 0. The fourth-order valence-corrected chi connectivity index (χ4v) is 1.51. The van der Waals surface area contributed by atoms with Gasteiger partial charge in [-0.3, -0.25) is 9.59 Å². The van der Waals surface area contributed by atoms with Gasteiger partial charge < -0.3 is 9.74 Å². The van der Waals surface area contributed by atoms with Gasteiger partial charge in [-0.2, -0.15) is 0 Å². The molecule has 0 aromatic carbocycles. The molecule has 0 radical (unpaired) electrons. The van der Waals surface area contributed by atoms with E-state index in [1.54, 1.807) is 0 Å². The summed E-state index contributed by atoms with van der Waals surface area (Å²) in [5.41, 5.74) is 0. The number of rotatable bonds is 1. The highest BCUT2D eigenvalue weighted by Crippen LogP contribution is 2.11. The lowest BCUT2D eigenvalue weighted by Crippen LogP contribution is -2.38. The molecule has 0 aromatic rings. The Hall–Kier alpha value is -1.85. The van der Waals surface area contributed by atoms with E-state index in [1.165, 1.54) is 4.90 Å². The van der Waals surface area contributed by atoms with Crippen molar-refractivity contribution in [2.45, 2.75) is 12.8 Å². The number of imide groups is 1. The first-order valence-electron chi connectivity index (χ1n) is 4.71. The summed E-state index contributed by atoms with van der Waals surface area (Å²) in [6, 6.07) is 0. The van der Waals surface area contributed by atoms with Crippen molar-refractivity contribution in [3.8, 4) is 0 Å². The van der Waals surface area contributed by atoms with Gasteiger partial charge in [0, 0.05) is 25.2 Å². The molecule has 0 N–H and O–H groups in total. The van der Waals surface area contributed by atoms with Crippen LogP contribution < -0.4 is 0 Å². The van der Waals surface area contributed by atoms with Gasteiger partial charge in [0.25, 0.3) is 11.8 Å². The molecular weight excluding hydrogens is 200 g/mol. The smallest absolute Gasteiger partial charge is 0.310 e. The molecule has 2 aliphatic rings. The molecule has 0 aromatic heterocycles. The Morgan fingerprint density at radius 2 is 1.67 bits per heavy atom. The zero-order valence-corrected chi connectivity index (χ0v) is 8.01. The average molecular weight is 210 g/mol. The van der Waals surface area contributed by atoms with Crippen LogP contribution in [0.5, 0.6) is 0 Å². The largest absolute Gasteiger partial charge is 0.434 e. The highest BCUT2D eigenvalue weighted by molar-refractivity contribution is 6.12. The van der Waals surface area contributed by atoms with Crippen molar-refractivity contribution in [1.29, 1.82) is 0 Å². The molecule has 1 fully saturated rings. The molecule has 2 heterocycles. The fraction of sp³-hybridized carbons (Fsp3) is 0.444. The third-order valence-corrected chi connectivity index (χ3v) is 2.30. The van der Waals surface area contributed by atoms with E-state index in [0.29, 0.717) is 18.2 Å². The van der Waals surface area contributed by atoms with Crippen molar-refractivity contribution in [2.75, 3.05) is 13.1 Å². The first-order valence-corrected chi connectivity index (χ1v) is 4.71. The Kier molecular flexibility index (Phi) is 2.40. The number of nitrogens with zero attached hydrogens (tertiary/aromatic N) is 2. The second-order valence-corrected chi connectivity index (χ2v) is 3.36. The first-order chi connectivity index (χ1) is 7.18. The van der Waals surface area contributed by atoms with Gasteiger partial charge >= 0.3 is 6.09 Å². The average Bonchev–Trinajstić information content (AvgIpc) is 2.82. The lowest BCUT2D eigenvalue weighted by molar-refractivity contribution is -0.171. The minimum atomic E-state index is -0.641. The fourth-order valence-electron chi connectivity index (χ4n) is 1.51. The van der Waals surface area contributed by atoms with Crippen LogP contribution in [-0.4, -0.2) is 41.0 Å². The number of hydrogen-bond acceptors (Lipinski definition) is 4. The number of amides is 3. The molecule has 6 heteroatoms. The van der Waals surface area contributed by atoms with E-state index in [1.807, 2.05) is 0 Å². The van der Waals surface area contributed by atoms with Crippen molar-refractivity contribution in [1.82, 2.24) is 9.96 Å². The summed E-state index contributed by atoms with van der Waals surface area (Å²) in [5, 5.41) is 0.473. The Morgan fingerprint density at radius 1 is 1.13 bits per heavy atom. The maximum absolute atomic E-state index is 11.4. The monoisotopic (exact) mass is 210 g/mol. The van der Waals surface area contributed by atoms with Crippen LogP contribution in [0.2, 0.25) is 0 Å². The van der Waals surface area contributed by atoms with Crippen molar-refractivity contribution in [3.63, 3.8) is 0 Å². The summed E-state index contributed by atoms with van der Waals surface area (Å²) in [6.07, 6.45) is 3.35. The SMILES string of the molecule is O=C(ON1C(=O)C=CC1=O)N1CCCC1. The molecule has 15 heavy (non-hydrogen) atoms. The molecule has 0 bridgehead atoms. The minimum Gasteiger partial charge on any atom is -0.310 e. The van der Waals surface area contributed by atoms with Crippen LogP contribution in [0.3, 0.4) is 0 Å². The Morgan fingerprint density at radius 3 is 2.20 bits per heavy atom. The summed E-state index contributed by atoms with van der Waals surface area (Å²) in [6.45, 7) is 1.23. The maximum Gasteiger partial charge on any atom is 0.434 e. The van der Waals surface area contributed by atoms with Crippen LogP contribution >= 0.6 is 0 Å². The lowest BCUT2D eigenvalue weighted by atomic mass is 10.4. The molecule has 2 rings (SSSR count). The predicted octanol–water partition coefficient (Wildman–Crippen LogP) is 0.0588. The van der Waals surface area contributed by atoms with Crippen molar-refractivity contribution in [3.05, 3.63) is 12.2 Å². The van der Waals surface area contributed by atoms with Gasteiger partial charge in [-0.25, -0.2) is 4.79 Å². The van der Waals surface area contributed by atoms with E-state index in [4.69, 9.17) is 0 Å². The van der Waals surface area contributed by atoms with E-state index < -0.39 is 17.9 Å². The van der Waals surface area contributed by atoms with Crippen molar-refractivity contribution >= 4 is 17.9 Å². The molecule has 1 saturated heterocycles. The van der Waals surface area contributed by atoms with Gasteiger partial charge in [0.05, 0.1) is 0 Å². The highest BCUT2D eigenvalue weighted by atomic mass is 16.7. The second kappa shape index (κ2) is 3.72. The Balaban J connectivity index is 1.94. The van der Waals surface area contributed by atoms with Crippen molar-refractivity contribution < 1.29 is 19.2 Å². The summed E-state index contributed by atoms with van der Waals surface area (Å²) < 4.78 is 0. The zero-order chi connectivity index (χ0) is 10.8. The maximum atomic E-state index is 11.4. The van der Waals surface area contributed by atoms with Crippen LogP contribution in [0, 0.1) is 0 Å². The van der Waals surface area contributed by atoms with Gasteiger partial charge in [-0.1, -0.05) is 5.06 Å². The molecular formula is C9H10N2O4. The number of likely N-dealkylation sites (tertiary alicyclic amines) is 1. The Labute approximate surface area is 86.0 Å². The molecule has 0 unspecified atom stereocenters. The summed E-state index contributed by atoms with van der Waals surface area (Å²) in [4.78, 5) is 39.7. The standard InChI is InChI=1S/C9H10N2O4/c12-7-3-4-8(13)11(7)15-9(14)10-5-1-2-6-10/h3-4H,1-2,5-6H2. The quantitative estimate of drug-likeness (QED) is 0.574. The van der Waals surface area contributed by atoms with Crippen LogP contribution in [0.15, 0.2) is 12.2 Å². The molecule has 6 nitrogen and oxygen atoms in total. The summed E-state index contributed by atoms with van der Waals surface area (Å²) in [7, 11) is 0. The van der Waals surface area contributed by atoms with E-state index in [9.17, 15) is 14.4 Å². The third kappa shape index (κ3) is 1.83. The van der Waals surface area contributed by atoms with Crippen LogP contribution in [-0.2, 0) is 14.4 Å². The van der Waals surface area contributed by atoms with E-state index >= 15 is 0 Å². The van der Waals surface area contributed by atoms with Gasteiger partial charge in [0.15, 0.2) is 0 Å². The molecule has 0 atom stereocenters. The highest BCUT2D eigenvalue weighted by Gasteiger charge is 2.30. The lowest BCUT2D eigenvalue weighted by Gasteiger charge is -2.18. The van der Waals surface area contributed by atoms with Crippen LogP contribution in [0.4, 0.5) is 4.79 Å². The van der Waals surface area contributed by atoms with Gasteiger partial charge in [-0.15, -0.1) is 0 Å². The van der Waals surface area contributed by atoms with Gasteiger partial charge in [0.1, 0.15) is 0 Å². The summed E-state index contributed by atoms with van der Waals surface area (Å²) in [5.74, 6) is -1.24. The predicted molar refractivity (Wildman–Crippen MR) is 48.3 cm³/mol. The first kappa shape index (κ1) is 9.70. The van der Waals surface area contributed by atoms with Gasteiger partial charge in [0.2, 0.25) is 0 Å². The number of hydroxylamine groups is 2. The number of carbonyl (C=O) groups is 3.